The SMILES string of the molecule is C=CC(=O)OC(CC)COC(=O)c1ccccc1C(O)(O)c1ccccc1. The number of carbonyl (C=O) groups excluding carboxylic acids is 2. The molecule has 0 saturated heterocycles. The van der Waals surface area contributed by atoms with E-state index in [1.807, 2.05) is 0 Å². The average molecular weight is 370 g/mol. The molecule has 1 atom stereocenters. The van der Waals surface area contributed by atoms with E-state index in [4.69, 9.17) is 9.47 Å². The summed E-state index contributed by atoms with van der Waals surface area (Å²) in [4.78, 5) is 23.8. The molecule has 2 N–H and O–H groups in total. The zero-order valence-corrected chi connectivity index (χ0v) is 15.0. The minimum Gasteiger partial charge on any atom is -0.458 e. The van der Waals surface area contributed by atoms with Crippen LogP contribution >= 0.6 is 0 Å². The molecule has 0 fully saturated rings. The van der Waals surface area contributed by atoms with E-state index in [2.05, 4.69) is 6.58 Å². The van der Waals surface area contributed by atoms with Crippen molar-refractivity contribution in [1.29, 1.82) is 0 Å². The molecule has 0 saturated carbocycles. The summed E-state index contributed by atoms with van der Waals surface area (Å²) in [5, 5.41) is 21.3. The number of esters is 2. The van der Waals surface area contributed by atoms with E-state index in [0.29, 0.717) is 6.42 Å². The van der Waals surface area contributed by atoms with Crippen LogP contribution in [0.25, 0.3) is 0 Å². The quantitative estimate of drug-likeness (QED) is 0.421. The molecule has 0 aliphatic carbocycles. The first-order valence-corrected chi connectivity index (χ1v) is 8.50. The summed E-state index contributed by atoms with van der Waals surface area (Å²) in [7, 11) is 0. The second kappa shape index (κ2) is 9.12. The van der Waals surface area contributed by atoms with E-state index < -0.39 is 23.8 Å². The molecule has 0 heterocycles. The van der Waals surface area contributed by atoms with Crippen LogP contribution in [0.2, 0.25) is 0 Å². The topological polar surface area (TPSA) is 93.1 Å². The number of aliphatic hydroxyl groups is 2. The van der Waals surface area contributed by atoms with Crippen molar-refractivity contribution in [3.8, 4) is 0 Å². The van der Waals surface area contributed by atoms with Crippen molar-refractivity contribution >= 4 is 11.9 Å². The van der Waals surface area contributed by atoms with Gasteiger partial charge in [0.1, 0.15) is 12.7 Å². The second-order valence-electron chi connectivity index (χ2n) is 5.85. The van der Waals surface area contributed by atoms with E-state index in [1.165, 1.54) is 12.1 Å². The molecule has 27 heavy (non-hydrogen) atoms. The average Bonchev–Trinajstić information content (AvgIpc) is 2.71. The van der Waals surface area contributed by atoms with Gasteiger partial charge in [-0.3, -0.25) is 0 Å². The van der Waals surface area contributed by atoms with Crippen LogP contribution in [0.4, 0.5) is 0 Å². The minimum atomic E-state index is -2.36. The molecule has 1 unspecified atom stereocenters. The molecule has 142 valence electrons. The van der Waals surface area contributed by atoms with Gasteiger partial charge in [-0.25, -0.2) is 9.59 Å². The summed E-state index contributed by atoms with van der Waals surface area (Å²) in [5.74, 6) is -3.72. The van der Waals surface area contributed by atoms with Crippen molar-refractivity contribution in [2.24, 2.45) is 0 Å². The van der Waals surface area contributed by atoms with Crippen molar-refractivity contribution in [1.82, 2.24) is 0 Å². The summed E-state index contributed by atoms with van der Waals surface area (Å²) in [6, 6.07) is 14.2. The lowest BCUT2D eigenvalue weighted by atomic mass is 9.93. The summed E-state index contributed by atoms with van der Waals surface area (Å²) < 4.78 is 10.3. The van der Waals surface area contributed by atoms with Crippen LogP contribution < -0.4 is 0 Å². The third-order valence-electron chi connectivity index (χ3n) is 4.00. The van der Waals surface area contributed by atoms with Gasteiger partial charge in [0, 0.05) is 17.2 Å². The number of hydrogen-bond donors (Lipinski definition) is 2. The first kappa shape index (κ1) is 20.4. The molecule has 0 aliphatic heterocycles. The Hall–Kier alpha value is -2.96. The largest absolute Gasteiger partial charge is 0.458 e. The monoisotopic (exact) mass is 370 g/mol. The van der Waals surface area contributed by atoms with E-state index in [-0.39, 0.29) is 23.3 Å². The Morgan fingerprint density at radius 1 is 1.11 bits per heavy atom. The summed E-state index contributed by atoms with van der Waals surface area (Å²) in [6.45, 7) is 4.95. The van der Waals surface area contributed by atoms with E-state index in [1.54, 1.807) is 49.4 Å². The van der Waals surface area contributed by atoms with Crippen LogP contribution in [-0.4, -0.2) is 34.9 Å². The molecule has 0 amide bonds. The molecular weight excluding hydrogens is 348 g/mol. The second-order valence-corrected chi connectivity index (χ2v) is 5.85. The van der Waals surface area contributed by atoms with Gasteiger partial charge in [-0.2, -0.15) is 0 Å². The van der Waals surface area contributed by atoms with Crippen molar-refractivity contribution in [2.75, 3.05) is 6.61 Å². The fourth-order valence-corrected chi connectivity index (χ4v) is 2.49. The van der Waals surface area contributed by atoms with Crippen LogP contribution in [-0.2, 0) is 20.1 Å². The zero-order chi connectivity index (χ0) is 19.9. The fraction of sp³-hybridized carbons (Fsp3) is 0.238. The Morgan fingerprint density at radius 3 is 2.37 bits per heavy atom. The molecule has 0 aromatic heterocycles. The van der Waals surface area contributed by atoms with Crippen LogP contribution in [0.3, 0.4) is 0 Å². The molecule has 6 heteroatoms. The Bertz CT molecular complexity index is 797. The summed E-state index contributed by atoms with van der Waals surface area (Å²) in [6.07, 6.45) is 0.863. The van der Waals surface area contributed by atoms with Gasteiger partial charge in [-0.05, 0) is 12.5 Å². The Kier molecular flexibility index (Phi) is 6.87. The molecular formula is C21H22O6. The predicted molar refractivity (Wildman–Crippen MR) is 98.8 cm³/mol. The number of rotatable bonds is 8. The first-order chi connectivity index (χ1) is 12.9. The lowest BCUT2D eigenvalue weighted by molar-refractivity contribution is -0.145. The van der Waals surface area contributed by atoms with Crippen LogP contribution in [0, 0.1) is 0 Å². The van der Waals surface area contributed by atoms with Gasteiger partial charge in [0.25, 0.3) is 0 Å². The molecule has 0 spiro atoms. The van der Waals surface area contributed by atoms with Crippen LogP contribution in [0.1, 0.15) is 34.8 Å². The Balaban J connectivity index is 2.21. The molecule has 2 aromatic carbocycles. The molecule has 2 aromatic rings. The van der Waals surface area contributed by atoms with Crippen molar-refractivity contribution in [3.63, 3.8) is 0 Å². The van der Waals surface area contributed by atoms with Gasteiger partial charge in [0.05, 0.1) is 5.56 Å². The van der Waals surface area contributed by atoms with Crippen LogP contribution in [0.15, 0.2) is 67.3 Å². The highest BCUT2D eigenvalue weighted by Gasteiger charge is 2.33. The Morgan fingerprint density at radius 2 is 1.74 bits per heavy atom. The van der Waals surface area contributed by atoms with Gasteiger partial charge < -0.3 is 19.7 Å². The number of carbonyl (C=O) groups is 2. The van der Waals surface area contributed by atoms with Crippen LogP contribution in [0.5, 0.6) is 0 Å². The maximum absolute atomic E-state index is 12.5. The minimum absolute atomic E-state index is 0.00247. The smallest absolute Gasteiger partial charge is 0.338 e. The molecule has 0 bridgehead atoms. The van der Waals surface area contributed by atoms with Gasteiger partial charge in [-0.15, -0.1) is 0 Å². The third kappa shape index (κ3) is 5.03. The Labute approximate surface area is 157 Å². The number of benzene rings is 2. The normalized spacial score (nSPS) is 12.1. The van der Waals surface area contributed by atoms with E-state index >= 15 is 0 Å². The predicted octanol–water partition coefficient (Wildman–Crippen LogP) is 2.54. The summed E-state index contributed by atoms with van der Waals surface area (Å²) >= 11 is 0. The zero-order valence-electron chi connectivity index (χ0n) is 15.0. The van der Waals surface area contributed by atoms with Gasteiger partial charge in [0.2, 0.25) is 5.79 Å². The lowest BCUT2D eigenvalue weighted by Gasteiger charge is -2.25. The molecule has 0 aliphatic rings. The maximum Gasteiger partial charge on any atom is 0.338 e. The fourth-order valence-electron chi connectivity index (χ4n) is 2.49. The van der Waals surface area contributed by atoms with Gasteiger partial charge in [-0.1, -0.05) is 62.0 Å². The van der Waals surface area contributed by atoms with Gasteiger partial charge >= 0.3 is 11.9 Å². The van der Waals surface area contributed by atoms with E-state index in [9.17, 15) is 19.8 Å². The first-order valence-electron chi connectivity index (χ1n) is 8.50. The van der Waals surface area contributed by atoms with E-state index in [0.717, 1.165) is 6.08 Å². The lowest BCUT2D eigenvalue weighted by Crippen LogP contribution is -2.30. The number of ether oxygens (including phenoxy) is 2. The molecule has 0 radical (unpaired) electrons. The highest BCUT2D eigenvalue weighted by Crippen LogP contribution is 2.29. The summed E-state index contributed by atoms with van der Waals surface area (Å²) in [5.41, 5.74) is 0.227. The standard InChI is InChI=1S/C21H22O6/c1-3-16(27-19(22)4-2)14-26-20(23)17-12-8-9-13-18(17)21(24,25)15-10-6-5-7-11-15/h4-13,16,24-25H,2-3,14H2,1H3. The van der Waals surface area contributed by atoms with Crippen molar-refractivity contribution in [3.05, 3.63) is 83.9 Å². The molecule has 2 rings (SSSR count). The van der Waals surface area contributed by atoms with Gasteiger partial charge in [0.15, 0.2) is 0 Å². The number of hydrogen-bond acceptors (Lipinski definition) is 6. The molecule has 6 nitrogen and oxygen atoms in total. The highest BCUT2D eigenvalue weighted by molar-refractivity contribution is 5.91. The highest BCUT2D eigenvalue weighted by atomic mass is 16.6. The van der Waals surface area contributed by atoms with Crippen molar-refractivity contribution < 1.29 is 29.3 Å². The van der Waals surface area contributed by atoms with Crippen molar-refractivity contribution in [2.45, 2.75) is 25.2 Å². The third-order valence-corrected chi connectivity index (χ3v) is 4.00. The maximum atomic E-state index is 12.5.